The van der Waals surface area contributed by atoms with Crippen molar-refractivity contribution in [1.29, 1.82) is 0 Å². The van der Waals surface area contributed by atoms with Crippen LogP contribution >= 0.6 is 15.9 Å². The summed E-state index contributed by atoms with van der Waals surface area (Å²) in [6.07, 6.45) is 0. The highest BCUT2D eigenvalue weighted by molar-refractivity contribution is 9.10. The van der Waals surface area contributed by atoms with Gasteiger partial charge >= 0.3 is 0 Å². The lowest BCUT2D eigenvalue weighted by Crippen LogP contribution is -1.90. The first-order valence-electron chi connectivity index (χ1n) is 3.95. The number of hydrogen-bond donors (Lipinski definition) is 1. The van der Waals surface area contributed by atoms with Crippen molar-refractivity contribution < 1.29 is 5.11 Å². The van der Waals surface area contributed by atoms with E-state index in [0.717, 1.165) is 15.4 Å². The minimum absolute atomic E-state index is 0.0278. The zero-order valence-corrected chi connectivity index (χ0v) is 8.74. The number of hydrogen-bond acceptors (Lipinski definition) is 2. The normalized spacial score (nSPS) is 11.0. The number of nitrogens with zero attached hydrogens (tertiary/aromatic N) is 2. The van der Waals surface area contributed by atoms with Gasteiger partial charge in [0, 0.05) is 16.9 Å². The highest BCUT2D eigenvalue weighted by Crippen LogP contribution is 2.26. The van der Waals surface area contributed by atoms with Crippen molar-refractivity contribution >= 4 is 26.8 Å². The molecule has 0 bridgehead atoms. The molecule has 3 nitrogen and oxygen atoms in total. The Morgan fingerprint density at radius 2 is 2.31 bits per heavy atom. The predicted molar refractivity (Wildman–Crippen MR) is 54.3 cm³/mol. The third-order valence-corrected chi connectivity index (χ3v) is 2.71. The molecule has 0 saturated carbocycles. The van der Waals surface area contributed by atoms with Gasteiger partial charge < -0.3 is 5.11 Å². The molecule has 0 atom stereocenters. The zero-order valence-electron chi connectivity index (χ0n) is 7.16. The summed E-state index contributed by atoms with van der Waals surface area (Å²) in [5.41, 5.74) is 1.74. The van der Waals surface area contributed by atoms with Crippen LogP contribution in [0.15, 0.2) is 22.7 Å². The summed E-state index contributed by atoms with van der Waals surface area (Å²) in [5.74, 6) is 0. The number of rotatable bonds is 1. The van der Waals surface area contributed by atoms with E-state index in [1.165, 1.54) is 0 Å². The molecule has 0 saturated heterocycles. The van der Waals surface area contributed by atoms with Crippen molar-refractivity contribution in [3.8, 4) is 0 Å². The molecule has 4 heteroatoms. The summed E-state index contributed by atoms with van der Waals surface area (Å²) < 4.78 is 2.74. The largest absolute Gasteiger partial charge is 0.390 e. The molecule has 2 aromatic rings. The molecule has 1 aromatic heterocycles. The highest BCUT2D eigenvalue weighted by Gasteiger charge is 2.09. The maximum atomic E-state index is 9.08. The summed E-state index contributed by atoms with van der Waals surface area (Å²) in [6.45, 7) is -0.0278. The Labute approximate surface area is 84.1 Å². The van der Waals surface area contributed by atoms with E-state index >= 15 is 0 Å². The van der Waals surface area contributed by atoms with Gasteiger partial charge in [0.05, 0.1) is 17.8 Å². The number of fused-ring (bicyclic) bond motifs is 1. The molecule has 13 heavy (non-hydrogen) atoms. The van der Waals surface area contributed by atoms with Gasteiger partial charge in [-0.1, -0.05) is 22.0 Å². The molecule has 0 spiro atoms. The van der Waals surface area contributed by atoms with E-state index in [-0.39, 0.29) is 6.61 Å². The van der Waals surface area contributed by atoms with Gasteiger partial charge in [-0.15, -0.1) is 0 Å². The molecule has 2 rings (SSSR count). The third kappa shape index (κ3) is 1.26. The molecular formula is C9H9BrN2O. The van der Waals surface area contributed by atoms with Gasteiger partial charge in [-0.25, -0.2) is 0 Å². The van der Waals surface area contributed by atoms with Crippen LogP contribution in [0.4, 0.5) is 0 Å². The summed E-state index contributed by atoms with van der Waals surface area (Å²) in [5, 5.41) is 14.3. The second-order valence-corrected chi connectivity index (χ2v) is 3.72. The van der Waals surface area contributed by atoms with Crippen LogP contribution in [0.5, 0.6) is 0 Å². The van der Waals surface area contributed by atoms with Crippen LogP contribution in [-0.4, -0.2) is 14.9 Å². The Kier molecular flexibility index (Phi) is 2.09. The van der Waals surface area contributed by atoms with Crippen LogP contribution in [-0.2, 0) is 13.7 Å². The average Bonchev–Trinajstić information content (AvgIpc) is 2.45. The SMILES string of the molecule is Cn1nc(CO)c2c(Br)cccc21. The summed E-state index contributed by atoms with van der Waals surface area (Å²) in [7, 11) is 1.87. The molecule has 1 aromatic carbocycles. The Bertz CT molecular complexity index is 450. The lowest BCUT2D eigenvalue weighted by Gasteiger charge is -1.95. The van der Waals surface area contributed by atoms with Crippen molar-refractivity contribution in [3.63, 3.8) is 0 Å². The quantitative estimate of drug-likeness (QED) is 0.827. The second-order valence-electron chi connectivity index (χ2n) is 2.86. The fraction of sp³-hybridized carbons (Fsp3) is 0.222. The molecule has 0 aliphatic carbocycles. The molecule has 0 radical (unpaired) electrons. The molecule has 0 aliphatic rings. The van der Waals surface area contributed by atoms with Crippen molar-refractivity contribution in [2.45, 2.75) is 6.61 Å². The summed E-state index contributed by atoms with van der Waals surface area (Å²) in [6, 6.07) is 5.88. The Balaban J connectivity index is 2.89. The number of halogens is 1. The first kappa shape index (κ1) is 8.72. The van der Waals surface area contributed by atoms with E-state index in [2.05, 4.69) is 21.0 Å². The molecule has 0 unspecified atom stereocenters. The minimum atomic E-state index is -0.0278. The lowest BCUT2D eigenvalue weighted by atomic mass is 10.2. The molecule has 0 fully saturated rings. The molecular weight excluding hydrogens is 232 g/mol. The van der Waals surface area contributed by atoms with Crippen LogP contribution in [0.25, 0.3) is 10.9 Å². The zero-order chi connectivity index (χ0) is 9.42. The van der Waals surface area contributed by atoms with E-state index in [0.29, 0.717) is 5.69 Å². The summed E-state index contributed by atoms with van der Waals surface area (Å²) >= 11 is 3.44. The van der Waals surface area contributed by atoms with Gasteiger partial charge in [0.25, 0.3) is 0 Å². The van der Waals surface area contributed by atoms with Crippen LogP contribution in [0.3, 0.4) is 0 Å². The van der Waals surface area contributed by atoms with Gasteiger partial charge in [-0.2, -0.15) is 5.10 Å². The fourth-order valence-electron chi connectivity index (χ4n) is 1.46. The van der Waals surface area contributed by atoms with Gasteiger partial charge in [0.15, 0.2) is 0 Å². The van der Waals surface area contributed by atoms with Gasteiger partial charge in [-0.3, -0.25) is 4.68 Å². The Hall–Kier alpha value is -0.870. The first-order chi connectivity index (χ1) is 6.24. The molecule has 1 N–H and O–H groups in total. The maximum Gasteiger partial charge on any atom is 0.0968 e. The van der Waals surface area contributed by atoms with Crippen molar-refractivity contribution in [1.82, 2.24) is 9.78 Å². The van der Waals surface area contributed by atoms with Gasteiger partial charge in [0.2, 0.25) is 0 Å². The first-order valence-corrected chi connectivity index (χ1v) is 4.74. The van der Waals surface area contributed by atoms with E-state index in [4.69, 9.17) is 5.11 Å². The Morgan fingerprint density at radius 3 is 3.00 bits per heavy atom. The second kappa shape index (κ2) is 3.12. The van der Waals surface area contributed by atoms with Crippen molar-refractivity contribution in [2.24, 2.45) is 7.05 Å². The average molecular weight is 241 g/mol. The highest BCUT2D eigenvalue weighted by atomic mass is 79.9. The van der Waals surface area contributed by atoms with E-state index < -0.39 is 0 Å². The van der Waals surface area contributed by atoms with E-state index in [9.17, 15) is 0 Å². The standard InChI is InChI=1S/C9H9BrN2O/c1-12-8-4-2-3-6(10)9(8)7(5-13)11-12/h2-4,13H,5H2,1H3. The van der Waals surface area contributed by atoms with Crippen LogP contribution in [0, 0.1) is 0 Å². The van der Waals surface area contributed by atoms with Crippen LogP contribution in [0.1, 0.15) is 5.69 Å². The number of benzene rings is 1. The topological polar surface area (TPSA) is 38.0 Å². The number of aliphatic hydroxyl groups excluding tert-OH is 1. The Morgan fingerprint density at radius 1 is 1.54 bits per heavy atom. The number of aromatic nitrogens is 2. The maximum absolute atomic E-state index is 9.08. The summed E-state index contributed by atoms with van der Waals surface area (Å²) in [4.78, 5) is 0. The van der Waals surface area contributed by atoms with E-state index in [1.807, 2.05) is 25.2 Å². The smallest absolute Gasteiger partial charge is 0.0968 e. The molecule has 0 amide bonds. The third-order valence-electron chi connectivity index (χ3n) is 2.05. The van der Waals surface area contributed by atoms with E-state index in [1.54, 1.807) is 4.68 Å². The van der Waals surface area contributed by atoms with Crippen LogP contribution in [0.2, 0.25) is 0 Å². The van der Waals surface area contributed by atoms with Gasteiger partial charge in [0.1, 0.15) is 0 Å². The van der Waals surface area contributed by atoms with Gasteiger partial charge in [-0.05, 0) is 12.1 Å². The fourth-order valence-corrected chi connectivity index (χ4v) is 2.05. The molecule has 68 valence electrons. The molecule has 1 heterocycles. The monoisotopic (exact) mass is 240 g/mol. The van der Waals surface area contributed by atoms with Crippen molar-refractivity contribution in [2.75, 3.05) is 0 Å². The van der Waals surface area contributed by atoms with Crippen molar-refractivity contribution in [3.05, 3.63) is 28.4 Å². The number of aliphatic hydroxyl groups is 1. The lowest BCUT2D eigenvalue weighted by molar-refractivity contribution is 0.277. The molecule has 0 aliphatic heterocycles. The van der Waals surface area contributed by atoms with Crippen LogP contribution < -0.4 is 0 Å². The predicted octanol–water partition coefficient (Wildman–Crippen LogP) is 1.83. The number of aryl methyl sites for hydroxylation is 1. The minimum Gasteiger partial charge on any atom is -0.390 e.